The molecule has 1 heterocycles. The lowest BCUT2D eigenvalue weighted by molar-refractivity contribution is 0.0601. The van der Waals surface area contributed by atoms with Gasteiger partial charge in [0.1, 0.15) is 0 Å². The smallest absolute Gasteiger partial charge is 0.340 e. The van der Waals surface area contributed by atoms with Crippen LogP contribution in [-0.2, 0) is 4.74 Å². The van der Waals surface area contributed by atoms with Crippen molar-refractivity contribution in [3.8, 4) is 11.1 Å². The number of aliphatic imine (C=N–C) groups is 1. The third kappa shape index (κ3) is 3.13. The molecule has 120 valence electrons. The summed E-state index contributed by atoms with van der Waals surface area (Å²) in [7, 11) is 1.39. The van der Waals surface area contributed by atoms with Crippen molar-refractivity contribution in [3.05, 3.63) is 77.6 Å². The zero-order chi connectivity index (χ0) is 16.9. The van der Waals surface area contributed by atoms with Gasteiger partial charge in [0.05, 0.1) is 30.3 Å². The topological polar surface area (TPSA) is 54.5 Å². The van der Waals surface area contributed by atoms with Crippen LogP contribution >= 0.6 is 0 Å². The molecule has 1 N–H and O–H groups in total. The summed E-state index contributed by atoms with van der Waals surface area (Å²) in [5.74, 6) is -0.359. The number of aromatic nitrogens is 1. The van der Waals surface area contributed by atoms with Crippen molar-refractivity contribution in [2.75, 3.05) is 7.11 Å². The molecule has 0 fully saturated rings. The molecule has 1 aromatic heterocycles. The number of methoxy groups -OCH3 is 1. The molecule has 0 aliphatic rings. The molecule has 2 aromatic carbocycles. The third-order valence-electron chi connectivity index (χ3n) is 3.77. The highest BCUT2D eigenvalue weighted by Crippen LogP contribution is 2.30. The number of aryl methyl sites for hydroxylation is 1. The van der Waals surface area contributed by atoms with E-state index in [2.05, 4.69) is 9.98 Å². The molecule has 0 saturated heterocycles. The Morgan fingerprint density at radius 1 is 1.04 bits per heavy atom. The van der Waals surface area contributed by atoms with E-state index in [0.29, 0.717) is 5.56 Å². The van der Waals surface area contributed by atoms with Crippen molar-refractivity contribution >= 4 is 17.9 Å². The van der Waals surface area contributed by atoms with E-state index in [9.17, 15) is 4.79 Å². The minimum atomic E-state index is -0.359. The molecule has 0 spiro atoms. The lowest BCUT2D eigenvalue weighted by Crippen LogP contribution is -2.03. The molecule has 0 aliphatic carbocycles. The molecule has 4 nitrogen and oxygen atoms in total. The Labute approximate surface area is 140 Å². The fraction of sp³-hybridized carbons (Fsp3) is 0.100. The monoisotopic (exact) mass is 318 g/mol. The van der Waals surface area contributed by atoms with Gasteiger partial charge in [-0.15, -0.1) is 0 Å². The number of aromatic amines is 1. The Morgan fingerprint density at radius 3 is 2.29 bits per heavy atom. The Morgan fingerprint density at radius 2 is 1.67 bits per heavy atom. The molecule has 0 saturated carbocycles. The van der Waals surface area contributed by atoms with Gasteiger partial charge in [0, 0.05) is 11.3 Å². The molecule has 3 aromatic rings. The van der Waals surface area contributed by atoms with Gasteiger partial charge >= 0.3 is 5.97 Å². The number of benzene rings is 2. The summed E-state index contributed by atoms with van der Waals surface area (Å²) >= 11 is 0. The number of ether oxygens (including phenoxy) is 1. The Balaban J connectivity index is 2.13. The lowest BCUT2D eigenvalue weighted by Gasteiger charge is -2.05. The molecule has 0 radical (unpaired) electrons. The van der Waals surface area contributed by atoms with E-state index in [1.54, 1.807) is 6.21 Å². The van der Waals surface area contributed by atoms with Crippen LogP contribution in [0.3, 0.4) is 0 Å². The second-order valence-corrected chi connectivity index (χ2v) is 5.37. The molecule has 0 aliphatic heterocycles. The number of hydrogen-bond donors (Lipinski definition) is 1. The summed E-state index contributed by atoms with van der Waals surface area (Å²) in [5, 5.41) is 0. The number of para-hydroxylation sites is 1. The third-order valence-corrected chi connectivity index (χ3v) is 3.77. The SMILES string of the molecule is COC(=O)c1c(C)[nH]c(C=Nc2ccccc2)c1-c1ccccc1. The van der Waals surface area contributed by atoms with Crippen molar-refractivity contribution < 1.29 is 9.53 Å². The standard InChI is InChI=1S/C20H18N2O2/c1-14-18(20(23)24-2)19(15-9-5-3-6-10-15)17(22-14)13-21-16-11-7-4-8-12-16/h3-13,22H,1-2H3. The van der Waals surface area contributed by atoms with Crippen LogP contribution in [0.5, 0.6) is 0 Å². The maximum absolute atomic E-state index is 12.2. The van der Waals surface area contributed by atoms with Gasteiger partial charge in [-0.1, -0.05) is 48.5 Å². The highest BCUT2D eigenvalue weighted by Gasteiger charge is 2.22. The van der Waals surface area contributed by atoms with E-state index in [1.165, 1.54) is 7.11 Å². The normalized spacial score (nSPS) is 10.9. The van der Waals surface area contributed by atoms with Gasteiger partial charge in [-0.25, -0.2) is 4.79 Å². The van der Waals surface area contributed by atoms with Crippen LogP contribution in [0.1, 0.15) is 21.7 Å². The molecule has 0 bridgehead atoms. The van der Waals surface area contributed by atoms with Crippen molar-refractivity contribution in [1.29, 1.82) is 0 Å². The Kier molecular flexibility index (Phi) is 4.57. The van der Waals surface area contributed by atoms with Gasteiger partial charge in [-0.3, -0.25) is 4.99 Å². The first kappa shape index (κ1) is 15.7. The average Bonchev–Trinajstić information content (AvgIpc) is 2.97. The van der Waals surface area contributed by atoms with E-state index in [1.807, 2.05) is 67.6 Å². The molecule has 0 amide bonds. The predicted octanol–water partition coefficient (Wildman–Crippen LogP) is 4.53. The zero-order valence-electron chi connectivity index (χ0n) is 13.6. The molecule has 0 atom stereocenters. The summed E-state index contributed by atoms with van der Waals surface area (Å²) in [6.45, 7) is 1.86. The second kappa shape index (κ2) is 6.96. The fourth-order valence-corrected chi connectivity index (χ4v) is 2.66. The van der Waals surface area contributed by atoms with Crippen LogP contribution in [0.2, 0.25) is 0 Å². The van der Waals surface area contributed by atoms with E-state index in [0.717, 1.165) is 28.2 Å². The van der Waals surface area contributed by atoms with Crippen molar-refractivity contribution in [3.63, 3.8) is 0 Å². The number of nitrogens with one attached hydrogen (secondary N) is 1. The minimum absolute atomic E-state index is 0.359. The van der Waals surface area contributed by atoms with Gasteiger partial charge in [-0.2, -0.15) is 0 Å². The van der Waals surface area contributed by atoms with Crippen molar-refractivity contribution in [2.45, 2.75) is 6.92 Å². The average molecular weight is 318 g/mol. The van der Waals surface area contributed by atoms with E-state index in [-0.39, 0.29) is 5.97 Å². The first-order valence-corrected chi connectivity index (χ1v) is 7.66. The largest absolute Gasteiger partial charge is 0.465 e. The molecule has 3 rings (SSSR count). The molecule has 0 unspecified atom stereocenters. The lowest BCUT2D eigenvalue weighted by atomic mass is 10.0. The number of esters is 1. The van der Waals surface area contributed by atoms with Gasteiger partial charge in [-0.05, 0) is 24.6 Å². The first-order chi connectivity index (χ1) is 11.7. The zero-order valence-corrected chi connectivity index (χ0v) is 13.6. The minimum Gasteiger partial charge on any atom is -0.465 e. The Hall–Kier alpha value is -3.14. The van der Waals surface area contributed by atoms with Crippen LogP contribution < -0.4 is 0 Å². The van der Waals surface area contributed by atoms with Crippen molar-refractivity contribution in [1.82, 2.24) is 4.98 Å². The first-order valence-electron chi connectivity index (χ1n) is 7.66. The molecular formula is C20H18N2O2. The van der Waals surface area contributed by atoms with E-state index < -0.39 is 0 Å². The van der Waals surface area contributed by atoms with Crippen LogP contribution in [0.15, 0.2) is 65.7 Å². The highest BCUT2D eigenvalue weighted by molar-refractivity contribution is 6.04. The quantitative estimate of drug-likeness (QED) is 0.567. The van der Waals surface area contributed by atoms with Crippen molar-refractivity contribution in [2.24, 2.45) is 4.99 Å². The van der Waals surface area contributed by atoms with Gasteiger partial charge < -0.3 is 9.72 Å². The fourth-order valence-electron chi connectivity index (χ4n) is 2.66. The van der Waals surface area contributed by atoms with E-state index in [4.69, 9.17) is 4.74 Å². The maximum Gasteiger partial charge on any atom is 0.340 e. The number of nitrogens with zero attached hydrogens (tertiary/aromatic N) is 1. The molecule has 4 heteroatoms. The number of rotatable bonds is 4. The summed E-state index contributed by atoms with van der Waals surface area (Å²) in [4.78, 5) is 20.0. The number of H-pyrrole nitrogens is 1. The summed E-state index contributed by atoms with van der Waals surface area (Å²) in [6, 6.07) is 19.4. The van der Waals surface area contributed by atoms with Crippen LogP contribution in [0.4, 0.5) is 5.69 Å². The number of carbonyl (C=O) groups excluding carboxylic acids is 1. The Bertz CT molecular complexity index is 865. The number of carbonyl (C=O) groups is 1. The van der Waals surface area contributed by atoms with Gasteiger partial charge in [0.25, 0.3) is 0 Å². The molecule has 24 heavy (non-hydrogen) atoms. The molecular weight excluding hydrogens is 300 g/mol. The van der Waals surface area contributed by atoms with Crippen LogP contribution in [0, 0.1) is 6.92 Å². The van der Waals surface area contributed by atoms with Crippen LogP contribution in [0.25, 0.3) is 11.1 Å². The second-order valence-electron chi connectivity index (χ2n) is 5.37. The summed E-state index contributed by atoms with van der Waals surface area (Å²) in [6.07, 6.45) is 1.75. The summed E-state index contributed by atoms with van der Waals surface area (Å²) < 4.78 is 4.95. The van der Waals surface area contributed by atoms with Gasteiger partial charge in [0.2, 0.25) is 0 Å². The summed E-state index contributed by atoms with van der Waals surface area (Å²) in [5.41, 5.74) is 4.68. The maximum atomic E-state index is 12.2. The van der Waals surface area contributed by atoms with Crippen LogP contribution in [-0.4, -0.2) is 24.3 Å². The van der Waals surface area contributed by atoms with E-state index >= 15 is 0 Å². The van der Waals surface area contributed by atoms with Gasteiger partial charge in [0.15, 0.2) is 0 Å². The predicted molar refractivity (Wildman–Crippen MR) is 96.0 cm³/mol. The number of hydrogen-bond acceptors (Lipinski definition) is 3. The highest BCUT2D eigenvalue weighted by atomic mass is 16.5.